The summed E-state index contributed by atoms with van der Waals surface area (Å²) in [7, 11) is 3.09. The summed E-state index contributed by atoms with van der Waals surface area (Å²) in [6.45, 7) is 4.54. The van der Waals surface area contributed by atoms with Crippen LogP contribution in [-0.4, -0.2) is 55.2 Å². The van der Waals surface area contributed by atoms with Crippen molar-refractivity contribution in [2.24, 2.45) is 5.92 Å². The number of nitrogens with zero attached hydrogens (tertiary/aromatic N) is 1. The first kappa shape index (κ1) is 19.6. The predicted octanol–water partition coefficient (Wildman–Crippen LogP) is 1.53. The molecule has 2 heterocycles. The van der Waals surface area contributed by atoms with E-state index in [-0.39, 0.29) is 30.9 Å². The smallest absolute Gasteiger partial charge is 0.259 e. The van der Waals surface area contributed by atoms with Crippen LogP contribution in [0.4, 0.5) is 0 Å². The average Bonchev–Trinajstić information content (AvgIpc) is 2.57. The number of nitrogens with one attached hydrogen (secondary N) is 1. The molecule has 2 atom stereocenters. The van der Waals surface area contributed by atoms with Crippen LogP contribution in [0.1, 0.15) is 32.4 Å². The first-order chi connectivity index (χ1) is 11.9. The number of aromatic nitrogens is 1. The number of likely N-dealkylation sites (tertiary alicyclic amines) is 1. The Morgan fingerprint density at radius 2 is 2.04 bits per heavy atom. The van der Waals surface area contributed by atoms with Gasteiger partial charge in [-0.2, -0.15) is 0 Å². The summed E-state index contributed by atoms with van der Waals surface area (Å²) in [6.07, 6.45) is 3.64. The van der Waals surface area contributed by atoms with Crippen molar-refractivity contribution in [1.29, 1.82) is 0 Å². The van der Waals surface area contributed by atoms with Crippen LogP contribution < -0.4 is 5.43 Å². The van der Waals surface area contributed by atoms with Crippen LogP contribution in [0.25, 0.3) is 0 Å². The molecular weight excluding hydrogens is 324 g/mol. The number of hydrogen-bond acceptors (Lipinski definition) is 5. The van der Waals surface area contributed by atoms with Crippen molar-refractivity contribution >= 4 is 5.91 Å². The van der Waals surface area contributed by atoms with E-state index in [0.29, 0.717) is 18.0 Å². The lowest BCUT2D eigenvalue weighted by Gasteiger charge is -2.55. The van der Waals surface area contributed by atoms with Crippen molar-refractivity contribution in [2.45, 2.75) is 44.8 Å². The zero-order valence-electron chi connectivity index (χ0n) is 15.4. The van der Waals surface area contributed by atoms with Gasteiger partial charge in [0, 0.05) is 44.7 Å². The van der Waals surface area contributed by atoms with Crippen molar-refractivity contribution in [1.82, 2.24) is 9.88 Å². The van der Waals surface area contributed by atoms with Gasteiger partial charge in [0.15, 0.2) is 11.0 Å². The second-order valence-corrected chi connectivity index (χ2v) is 6.85. The molecule has 140 valence electrons. The summed E-state index contributed by atoms with van der Waals surface area (Å²) >= 11 is 0. The number of rotatable bonds is 10. The molecule has 0 spiro atoms. The zero-order valence-corrected chi connectivity index (χ0v) is 15.4. The molecule has 1 N–H and O–H groups in total. The molecule has 0 radical (unpaired) electrons. The van der Waals surface area contributed by atoms with Crippen LogP contribution in [0.2, 0.25) is 0 Å². The highest BCUT2D eigenvalue weighted by Crippen LogP contribution is 2.40. The maximum atomic E-state index is 12.9. The van der Waals surface area contributed by atoms with Gasteiger partial charge in [0.05, 0.1) is 6.04 Å². The van der Waals surface area contributed by atoms with Crippen molar-refractivity contribution in [3.05, 3.63) is 34.2 Å². The molecule has 1 amide bonds. The standard InChI is InChI=1S/C18H28N2O5/c1-13(2)5-6-16-18(25-12-24-4,17(22)20(16)11-23-3)10-14-9-15(21)7-8-19-14/h7-9,13,16H,5-6,10-12H2,1-4H3,(H,19,21). The fraction of sp³-hybridized carbons (Fsp3) is 0.667. The molecule has 1 aromatic heterocycles. The number of amides is 1. The lowest BCUT2D eigenvalue weighted by atomic mass is 9.75. The summed E-state index contributed by atoms with van der Waals surface area (Å²) in [5, 5.41) is 0. The maximum Gasteiger partial charge on any atom is 0.259 e. The minimum Gasteiger partial charge on any atom is -0.365 e. The van der Waals surface area contributed by atoms with Crippen molar-refractivity contribution in [3.8, 4) is 0 Å². The topological polar surface area (TPSA) is 80.9 Å². The third-order valence-corrected chi connectivity index (χ3v) is 4.54. The van der Waals surface area contributed by atoms with Crippen LogP contribution in [0.15, 0.2) is 23.1 Å². The van der Waals surface area contributed by atoms with Crippen molar-refractivity contribution in [2.75, 3.05) is 27.7 Å². The van der Waals surface area contributed by atoms with Crippen LogP contribution in [0, 0.1) is 5.92 Å². The zero-order chi connectivity index (χ0) is 18.4. The fourth-order valence-corrected chi connectivity index (χ4v) is 3.32. The highest BCUT2D eigenvalue weighted by molar-refractivity contribution is 5.93. The number of hydrogen-bond donors (Lipinski definition) is 1. The first-order valence-corrected chi connectivity index (χ1v) is 8.55. The summed E-state index contributed by atoms with van der Waals surface area (Å²) < 4.78 is 16.1. The lowest BCUT2D eigenvalue weighted by Crippen LogP contribution is -2.76. The highest BCUT2D eigenvalue weighted by Gasteiger charge is 2.61. The van der Waals surface area contributed by atoms with Gasteiger partial charge in [-0.1, -0.05) is 13.8 Å². The molecule has 1 aromatic rings. The second kappa shape index (κ2) is 8.60. The number of carbonyl (C=O) groups excluding carboxylic acids is 1. The van der Waals surface area contributed by atoms with E-state index in [2.05, 4.69) is 18.8 Å². The van der Waals surface area contributed by atoms with E-state index >= 15 is 0 Å². The molecule has 2 unspecified atom stereocenters. The number of carbonyl (C=O) groups is 1. The number of methoxy groups -OCH3 is 2. The molecule has 0 aliphatic carbocycles. The monoisotopic (exact) mass is 352 g/mol. The minimum absolute atomic E-state index is 0.0157. The Bertz CT molecular complexity index is 630. The molecule has 1 aliphatic heterocycles. The van der Waals surface area contributed by atoms with E-state index in [1.165, 1.54) is 19.2 Å². The quantitative estimate of drug-likeness (QED) is 0.510. The van der Waals surface area contributed by atoms with Crippen LogP contribution in [0.5, 0.6) is 0 Å². The molecule has 25 heavy (non-hydrogen) atoms. The van der Waals surface area contributed by atoms with E-state index in [9.17, 15) is 9.59 Å². The number of H-pyrrole nitrogens is 1. The van der Waals surface area contributed by atoms with E-state index in [4.69, 9.17) is 14.2 Å². The number of ether oxygens (including phenoxy) is 3. The SMILES string of the molecule is COCOC1(Cc2cc(=O)cc[nH]2)C(=O)N(COC)C1CCC(C)C. The first-order valence-electron chi connectivity index (χ1n) is 8.55. The Morgan fingerprint density at radius 3 is 2.64 bits per heavy atom. The Labute approximate surface area is 148 Å². The van der Waals surface area contributed by atoms with Gasteiger partial charge in [0.1, 0.15) is 13.5 Å². The highest BCUT2D eigenvalue weighted by atomic mass is 16.7. The molecule has 0 aromatic carbocycles. The van der Waals surface area contributed by atoms with Gasteiger partial charge in [0.2, 0.25) is 0 Å². The van der Waals surface area contributed by atoms with E-state index < -0.39 is 5.60 Å². The maximum absolute atomic E-state index is 12.9. The van der Waals surface area contributed by atoms with Gasteiger partial charge in [-0.25, -0.2) is 0 Å². The van der Waals surface area contributed by atoms with Gasteiger partial charge in [0.25, 0.3) is 5.91 Å². The Balaban J connectivity index is 2.30. The molecule has 2 rings (SSSR count). The van der Waals surface area contributed by atoms with Crippen molar-refractivity contribution in [3.63, 3.8) is 0 Å². The molecule has 0 saturated carbocycles. The third-order valence-electron chi connectivity index (χ3n) is 4.54. The Hall–Kier alpha value is -1.70. The van der Waals surface area contributed by atoms with E-state index in [1.807, 2.05) is 0 Å². The normalized spacial score (nSPS) is 23.2. The van der Waals surface area contributed by atoms with E-state index in [0.717, 1.165) is 12.8 Å². The predicted molar refractivity (Wildman–Crippen MR) is 93.0 cm³/mol. The van der Waals surface area contributed by atoms with Gasteiger partial charge in [-0.15, -0.1) is 0 Å². The van der Waals surface area contributed by atoms with Gasteiger partial charge >= 0.3 is 0 Å². The summed E-state index contributed by atoms with van der Waals surface area (Å²) in [5.74, 6) is 0.376. The second-order valence-electron chi connectivity index (χ2n) is 6.85. The van der Waals surface area contributed by atoms with Crippen LogP contribution in [-0.2, 0) is 25.4 Å². The molecule has 7 nitrogen and oxygen atoms in total. The molecule has 7 heteroatoms. The molecule has 1 fully saturated rings. The Morgan fingerprint density at radius 1 is 1.28 bits per heavy atom. The van der Waals surface area contributed by atoms with Gasteiger partial charge in [-0.05, 0) is 18.8 Å². The molecular formula is C18H28N2O5. The van der Waals surface area contributed by atoms with Gasteiger partial charge in [-0.3, -0.25) is 9.59 Å². The number of pyridine rings is 1. The number of aromatic amines is 1. The average molecular weight is 352 g/mol. The molecule has 0 bridgehead atoms. The third kappa shape index (κ3) is 4.29. The van der Waals surface area contributed by atoms with Crippen molar-refractivity contribution < 1.29 is 19.0 Å². The fourth-order valence-electron chi connectivity index (χ4n) is 3.32. The van der Waals surface area contributed by atoms with E-state index in [1.54, 1.807) is 18.2 Å². The summed E-state index contributed by atoms with van der Waals surface area (Å²) in [5.41, 5.74) is -0.466. The molecule has 1 aliphatic rings. The largest absolute Gasteiger partial charge is 0.365 e. The minimum atomic E-state index is -1.03. The van der Waals surface area contributed by atoms with Crippen LogP contribution in [0.3, 0.4) is 0 Å². The molecule has 1 saturated heterocycles. The Kier molecular flexibility index (Phi) is 6.75. The summed E-state index contributed by atoms with van der Waals surface area (Å²) in [4.78, 5) is 29.3. The van der Waals surface area contributed by atoms with Crippen LogP contribution >= 0.6 is 0 Å². The van der Waals surface area contributed by atoms with Gasteiger partial charge < -0.3 is 24.1 Å². The number of β-lactam (4-membered cyclic amide) rings is 1. The summed E-state index contributed by atoms with van der Waals surface area (Å²) in [6, 6.07) is 2.83. The lowest BCUT2D eigenvalue weighted by molar-refractivity contribution is -0.234.